The van der Waals surface area contributed by atoms with Crippen molar-refractivity contribution in [1.29, 1.82) is 0 Å². The van der Waals surface area contributed by atoms with E-state index < -0.39 is 0 Å². The molecule has 0 saturated carbocycles. The molecule has 0 aromatic carbocycles. The van der Waals surface area contributed by atoms with Crippen LogP contribution < -0.4 is 0 Å². The summed E-state index contributed by atoms with van der Waals surface area (Å²) in [6.45, 7) is 3.05. The second-order valence-corrected chi connectivity index (χ2v) is 4.05. The quantitative estimate of drug-likeness (QED) is 0.764. The Labute approximate surface area is 88.3 Å². The third-order valence-electron chi connectivity index (χ3n) is 2.52. The van der Waals surface area contributed by atoms with Gasteiger partial charge in [0.2, 0.25) is 0 Å². The normalized spacial score (nSPS) is 18.1. The van der Waals surface area contributed by atoms with Gasteiger partial charge < -0.3 is 5.11 Å². The molecule has 0 radical (unpaired) electrons. The number of likely N-dealkylation sites (tertiary alicyclic amines) is 1. The molecule has 14 heavy (non-hydrogen) atoms. The number of nitrogens with zero attached hydrogens (tertiary/aromatic N) is 2. The van der Waals surface area contributed by atoms with Crippen molar-refractivity contribution in [2.24, 2.45) is 5.92 Å². The van der Waals surface area contributed by atoms with Crippen LogP contribution in [0.5, 0.6) is 0 Å². The Morgan fingerprint density at radius 2 is 2.36 bits per heavy atom. The van der Waals surface area contributed by atoms with Crippen LogP contribution in [0.15, 0.2) is 18.3 Å². The molecule has 0 atom stereocenters. The van der Waals surface area contributed by atoms with Gasteiger partial charge in [0, 0.05) is 43.9 Å². The van der Waals surface area contributed by atoms with Crippen LogP contribution >= 0.6 is 11.6 Å². The Kier molecular flexibility index (Phi) is 3.01. The molecule has 0 aliphatic carbocycles. The van der Waals surface area contributed by atoms with Crippen molar-refractivity contribution in [2.45, 2.75) is 6.54 Å². The molecule has 0 bridgehead atoms. The fraction of sp³-hybridized carbons (Fsp3) is 0.500. The number of rotatable bonds is 3. The minimum atomic E-state index is 0.289. The smallest absolute Gasteiger partial charge is 0.133 e. The number of pyridine rings is 1. The lowest BCUT2D eigenvalue weighted by atomic mass is 10.0. The van der Waals surface area contributed by atoms with Crippen LogP contribution in [-0.2, 0) is 6.54 Å². The summed E-state index contributed by atoms with van der Waals surface area (Å²) in [5.41, 5.74) is 1.06. The van der Waals surface area contributed by atoms with E-state index in [1.807, 2.05) is 12.1 Å². The number of hydrogen-bond acceptors (Lipinski definition) is 3. The van der Waals surface area contributed by atoms with Crippen LogP contribution in [0.4, 0.5) is 0 Å². The average molecular weight is 213 g/mol. The van der Waals surface area contributed by atoms with E-state index in [2.05, 4.69) is 9.88 Å². The Morgan fingerprint density at radius 3 is 3.00 bits per heavy atom. The van der Waals surface area contributed by atoms with Crippen molar-refractivity contribution < 1.29 is 5.11 Å². The minimum absolute atomic E-state index is 0.289. The van der Waals surface area contributed by atoms with Crippen molar-refractivity contribution in [3.63, 3.8) is 0 Å². The first kappa shape index (κ1) is 9.90. The number of aromatic nitrogens is 1. The highest BCUT2D eigenvalue weighted by atomic mass is 35.5. The van der Waals surface area contributed by atoms with E-state index in [1.54, 1.807) is 6.20 Å². The highest BCUT2D eigenvalue weighted by Gasteiger charge is 2.25. The van der Waals surface area contributed by atoms with Crippen molar-refractivity contribution in [1.82, 2.24) is 9.88 Å². The van der Waals surface area contributed by atoms with Crippen LogP contribution in [0.3, 0.4) is 0 Å². The summed E-state index contributed by atoms with van der Waals surface area (Å²) in [5, 5.41) is 9.44. The fourth-order valence-corrected chi connectivity index (χ4v) is 1.88. The molecule has 0 amide bonds. The number of aliphatic hydroxyl groups excluding tert-OH is 1. The van der Waals surface area contributed by atoms with Gasteiger partial charge in [-0.05, 0) is 6.07 Å². The number of halogens is 1. The zero-order chi connectivity index (χ0) is 9.97. The Hall–Kier alpha value is -0.640. The summed E-state index contributed by atoms with van der Waals surface area (Å²) >= 11 is 5.93. The van der Waals surface area contributed by atoms with Crippen molar-refractivity contribution >= 4 is 11.6 Å². The molecule has 0 spiro atoms. The maximum absolute atomic E-state index is 8.86. The van der Waals surface area contributed by atoms with Crippen molar-refractivity contribution in [3.8, 4) is 0 Å². The molecule has 1 fully saturated rings. The molecule has 1 N–H and O–H groups in total. The van der Waals surface area contributed by atoms with E-state index in [9.17, 15) is 0 Å². The SMILES string of the molecule is OCC1CN(Cc2cccnc2Cl)C1. The number of hydrogen-bond donors (Lipinski definition) is 1. The van der Waals surface area contributed by atoms with Gasteiger partial charge in [-0.25, -0.2) is 4.98 Å². The standard InChI is InChI=1S/C10H13ClN2O/c11-10-9(2-1-3-12-10)6-13-4-8(5-13)7-14/h1-3,8,14H,4-7H2. The fourth-order valence-electron chi connectivity index (χ4n) is 1.70. The largest absolute Gasteiger partial charge is 0.396 e. The summed E-state index contributed by atoms with van der Waals surface area (Å²) in [6.07, 6.45) is 1.69. The summed E-state index contributed by atoms with van der Waals surface area (Å²) in [5.74, 6) is 0.449. The monoisotopic (exact) mass is 212 g/mol. The van der Waals surface area contributed by atoms with Crippen LogP contribution in [-0.4, -0.2) is 34.7 Å². The van der Waals surface area contributed by atoms with Gasteiger partial charge in [0.1, 0.15) is 5.15 Å². The molecule has 3 nitrogen and oxygen atoms in total. The lowest BCUT2D eigenvalue weighted by molar-refractivity contribution is 0.0479. The molecular formula is C10H13ClN2O. The van der Waals surface area contributed by atoms with Gasteiger partial charge >= 0.3 is 0 Å². The third-order valence-corrected chi connectivity index (χ3v) is 2.86. The second kappa shape index (κ2) is 4.26. The zero-order valence-corrected chi connectivity index (χ0v) is 8.61. The van der Waals surface area contributed by atoms with Crippen LogP contribution in [0.2, 0.25) is 5.15 Å². The molecule has 1 aliphatic heterocycles. The molecule has 0 unspecified atom stereocenters. The van der Waals surface area contributed by atoms with Crippen LogP contribution in [0, 0.1) is 5.92 Å². The van der Waals surface area contributed by atoms with Gasteiger partial charge in [0.15, 0.2) is 0 Å². The predicted octanol–water partition coefficient (Wildman–Crippen LogP) is 1.16. The van der Waals surface area contributed by atoms with Crippen LogP contribution in [0.25, 0.3) is 0 Å². The van der Waals surface area contributed by atoms with Gasteiger partial charge in [-0.3, -0.25) is 4.90 Å². The van der Waals surface area contributed by atoms with Gasteiger partial charge in [0.25, 0.3) is 0 Å². The highest BCUT2D eigenvalue weighted by Crippen LogP contribution is 2.20. The van der Waals surface area contributed by atoms with Crippen LogP contribution in [0.1, 0.15) is 5.56 Å². The molecule has 2 rings (SSSR count). The first-order valence-electron chi connectivity index (χ1n) is 4.72. The summed E-state index contributed by atoms with van der Waals surface area (Å²) in [7, 11) is 0. The minimum Gasteiger partial charge on any atom is -0.396 e. The van der Waals surface area contributed by atoms with E-state index in [4.69, 9.17) is 16.7 Å². The third kappa shape index (κ3) is 2.05. The maximum atomic E-state index is 8.86. The Bertz CT molecular complexity index is 313. The summed E-state index contributed by atoms with van der Waals surface area (Å²) < 4.78 is 0. The zero-order valence-electron chi connectivity index (χ0n) is 7.86. The maximum Gasteiger partial charge on any atom is 0.133 e. The van der Waals surface area contributed by atoms with Crippen molar-refractivity contribution in [2.75, 3.05) is 19.7 Å². The molecule has 1 aliphatic rings. The van der Waals surface area contributed by atoms with E-state index in [0.29, 0.717) is 11.1 Å². The lowest BCUT2D eigenvalue weighted by Crippen LogP contribution is -2.47. The van der Waals surface area contributed by atoms with Gasteiger partial charge in [0.05, 0.1) is 0 Å². The van der Waals surface area contributed by atoms with Gasteiger partial charge in [-0.1, -0.05) is 17.7 Å². The first-order chi connectivity index (χ1) is 6.79. The van der Waals surface area contributed by atoms with E-state index >= 15 is 0 Å². The predicted molar refractivity (Wildman–Crippen MR) is 55.1 cm³/mol. The molecule has 1 aromatic heterocycles. The lowest BCUT2D eigenvalue weighted by Gasteiger charge is -2.38. The summed E-state index contributed by atoms with van der Waals surface area (Å²) in [4.78, 5) is 6.27. The molecule has 2 heterocycles. The molecular weight excluding hydrogens is 200 g/mol. The van der Waals surface area contributed by atoms with Crippen molar-refractivity contribution in [3.05, 3.63) is 29.0 Å². The first-order valence-corrected chi connectivity index (χ1v) is 5.10. The van der Waals surface area contributed by atoms with E-state index in [1.165, 1.54) is 0 Å². The molecule has 1 aromatic rings. The van der Waals surface area contributed by atoms with E-state index in [0.717, 1.165) is 25.2 Å². The average Bonchev–Trinajstić information content (AvgIpc) is 2.13. The number of aliphatic hydroxyl groups is 1. The Morgan fingerprint density at radius 1 is 1.57 bits per heavy atom. The Balaban J connectivity index is 1.90. The topological polar surface area (TPSA) is 36.4 Å². The molecule has 4 heteroatoms. The second-order valence-electron chi connectivity index (χ2n) is 3.70. The van der Waals surface area contributed by atoms with Gasteiger partial charge in [-0.2, -0.15) is 0 Å². The van der Waals surface area contributed by atoms with E-state index in [-0.39, 0.29) is 6.61 Å². The molecule has 1 saturated heterocycles. The van der Waals surface area contributed by atoms with Gasteiger partial charge in [-0.15, -0.1) is 0 Å². The highest BCUT2D eigenvalue weighted by molar-refractivity contribution is 6.30. The summed E-state index contributed by atoms with van der Waals surface area (Å²) in [6, 6.07) is 3.88. The molecule has 76 valence electrons.